The Morgan fingerprint density at radius 2 is 2.22 bits per heavy atom. The zero-order valence-electron chi connectivity index (χ0n) is 10.3. The van der Waals surface area contributed by atoms with E-state index < -0.39 is 0 Å². The summed E-state index contributed by atoms with van der Waals surface area (Å²) in [6.45, 7) is 2.34. The summed E-state index contributed by atoms with van der Waals surface area (Å²) in [5.41, 5.74) is 6.24. The molecular weight excluding hydrogens is 232 g/mol. The summed E-state index contributed by atoms with van der Waals surface area (Å²) in [5.74, 6) is 0.201. The lowest BCUT2D eigenvalue weighted by Crippen LogP contribution is -2.34. The minimum Gasteiger partial charge on any atom is -0.492 e. The van der Waals surface area contributed by atoms with E-state index in [1.807, 2.05) is 0 Å². The summed E-state index contributed by atoms with van der Waals surface area (Å²) in [6.07, 6.45) is 0.303. The maximum absolute atomic E-state index is 11.6. The minimum atomic E-state index is -0.204. The number of ether oxygens (including phenoxy) is 1. The van der Waals surface area contributed by atoms with Crippen LogP contribution < -0.4 is 10.5 Å². The topological polar surface area (TPSA) is 72.6 Å². The molecule has 1 aliphatic rings. The largest absolute Gasteiger partial charge is 0.492 e. The molecule has 1 heterocycles. The minimum absolute atomic E-state index is 0.115. The van der Waals surface area contributed by atoms with Crippen LogP contribution in [0.25, 0.3) is 0 Å². The molecule has 1 saturated heterocycles. The van der Waals surface area contributed by atoms with Crippen LogP contribution in [0, 0.1) is 5.92 Å². The van der Waals surface area contributed by atoms with Gasteiger partial charge in [-0.15, -0.1) is 0 Å². The van der Waals surface area contributed by atoms with Crippen LogP contribution in [-0.2, 0) is 9.59 Å². The van der Waals surface area contributed by atoms with Crippen molar-refractivity contribution in [1.29, 1.82) is 0 Å². The number of hydrogen-bond acceptors (Lipinski definition) is 4. The number of rotatable bonds is 4. The average Bonchev–Trinajstić information content (AvgIpc) is 2.56. The second-order valence-electron chi connectivity index (χ2n) is 4.41. The van der Waals surface area contributed by atoms with Crippen molar-refractivity contribution >= 4 is 17.5 Å². The van der Waals surface area contributed by atoms with Gasteiger partial charge in [0, 0.05) is 24.1 Å². The van der Waals surface area contributed by atoms with Crippen molar-refractivity contribution in [3.8, 4) is 5.75 Å². The van der Waals surface area contributed by atoms with Gasteiger partial charge in [0.2, 0.25) is 11.8 Å². The van der Waals surface area contributed by atoms with Crippen molar-refractivity contribution < 1.29 is 14.3 Å². The highest BCUT2D eigenvalue weighted by molar-refractivity contribution is 6.03. The van der Waals surface area contributed by atoms with Gasteiger partial charge in [-0.25, -0.2) is 0 Å². The van der Waals surface area contributed by atoms with Crippen molar-refractivity contribution in [2.75, 3.05) is 18.9 Å². The number of amides is 2. The molecule has 1 unspecified atom stereocenters. The predicted molar refractivity (Wildman–Crippen MR) is 66.9 cm³/mol. The van der Waals surface area contributed by atoms with Crippen LogP contribution in [0.4, 0.5) is 5.69 Å². The molecule has 0 radical (unpaired) electrons. The smallest absolute Gasteiger partial charge is 0.232 e. The zero-order valence-corrected chi connectivity index (χ0v) is 10.3. The third-order valence-electron chi connectivity index (χ3n) is 2.91. The molecule has 0 saturated carbocycles. The Morgan fingerprint density at radius 3 is 2.83 bits per heavy atom. The second-order valence-corrected chi connectivity index (χ2v) is 4.41. The molecule has 0 aromatic heterocycles. The van der Waals surface area contributed by atoms with E-state index in [0.29, 0.717) is 17.9 Å². The summed E-state index contributed by atoms with van der Waals surface area (Å²) in [4.78, 5) is 24.4. The number of nitrogens with zero attached hydrogens (tertiary/aromatic N) is 1. The fraction of sp³-hybridized carbons (Fsp3) is 0.385. The number of carbonyl (C=O) groups excluding carboxylic acids is 2. The standard InChI is InChI=1S/C13H16N2O3/c1-9-7-12(16)15(13(9)17)5-6-18-11-4-2-3-10(14)8-11/h2-4,8-9H,5-7,14H2,1H3. The average molecular weight is 248 g/mol. The summed E-state index contributed by atoms with van der Waals surface area (Å²) in [5, 5.41) is 0. The van der Waals surface area contributed by atoms with E-state index in [1.165, 1.54) is 4.90 Å². The molecule has 0 bridgehead atoms. The molecule has 1 aromatic carbocycles. The summed E-state index contributed by atoms with van der Waals surface area (Å²) in [6, 6.07) is 7.05. The Labute approximate surface area is 106 Å². The maximum atomic E-state index is 11.6. The number of likely N-dealkylation sites (tertiary alicyclic amines) is 1. The molecule has 1 atom stereocenters. The first-order valence-corrected chi connectivity index (χ1v) is 5.90. The molecule has 1 aromatic rings. The highest BCUT2D eigenvalue weighted by Gasteiger charge is 2.35. The molecule has 18 heavy (non-hydrogen) atoms. The van der Waals surface area contributed by atoms with Crippen LogP contribution >= 0.6 is 0 Å². The van der Waals surface area contributed by atoms with E-state index in [1.54, 1.807) is 31.2 Å². The Hall–Kier alpha value is -2.04. The molecule has 1 fully saturated rings. The van der Waals surface area contributed by atoms with Gasteiger partial charge in [0.25, 0.3) is 0 Å². The molecule has 2 amide bonds. The van der Waals surface area contributed by atoms with Gasteiger partial charge in [0.1, 0.15) is 12.4 Å². The fourth-order valence-electron chi connectivity index (χ4n) is 1.94. The first-order valence-electron chi connectivity index (χ1n) is 5.90. The number of nitrogens with two attached hydrogens (primary N) is 1. The Bertz CT molecular complexity index is 473. The normalized spacial score (nSPS) is 19.4. The van der Waals surface area contributed by atoms with E-state index >= 15 is 0 Å². The molecule has 5 nitrogen and oxygen atoms in total. The predicted octanol–water partition coefficient (Wildman–Crippen LogP) is 1.04. The van der Waals surface area contributed by atoms with Gasteiger partial charge in [-0.05, 0) is 12.1 Å². The Kier molecular flexibility index (Phi) is 3.50. The van der Waals surface area contributed by atoms with E-state index in [-0.39, 0.29) is 30.9 Å². The first kappa shape index (κ1) is 12.4. The van der Waals surface area contributed by atoms with E-state index in [0.717, 1.165) is 0 Å². The lowest BCUT2D eigenvalue weighted by molar-refractivity contribution is -0.139. The van der Waals surface area contributed by atoms with Crippen molar-refractivity contribution in [2.24, 2.45) is 5.92 Å². The molecular formula is C13H16N2O3. The quantitative estimate of drug-likeness (QED) is 0.638. The van der Waals surface area contributed by atoms with Gasteiger partial charge in [-0.3, -0.25) is 14.5 Å². The zero-order chi connectivity index (χ0) is 13.1. The lowest BCUT2D eigenvalue weighted by Gasteiger charge is -2.14. The Morgan fingerprint density at radius 1 is 1.44 bits per heavy atom. The van der Waals surface area contributed by atoms with Crippen molar-refractivity contribution in [3.05, 3.63) is 24.3 Å². The number of nitrogen functional groups attached to an aromatic ring is 1. The molecule has 2 N–H and O–H groups in total. The summed E-state index contributed by atoms with van der Waals surface area (Å²) >= 11 is 0. The third kappa shape index (κ3) is 2.61. The van der Waals surface area contributed by atoms with Crippen LogP contribution in [-0.4, -0.2) is 29.9 Å². The molecule has 0 aliphatic carbocycles. The number of anilines is 1. The monoisotopic (exact) mass is 248 g/mol. The molecule has 0 spiro atoms. The van der Waals surface area contributed by atoms with Crippen molar-refractivity contribution in [2.45, 2.75) is 13.3 Å². The molecule has 1 aliphatic heterocycles. The van der Waals surface area contributed by atoms with E-state index in [2.05, 4.69) is 0 Å². The van der Waals surface area contributed by atoms with Crippen molar-refractivity contribution in [1.82, 2.24) is 4.90 Å². The van der Waals surface area contributed by atoms with Gasteiger partial charge >= 0.3 is 0 Å². The van der Waals surface area contributed by atoms with Gasteiger partial charge in [0.05, 0.1) is 6.54 Å². The van der Waals surface area contributed by atoms with Gasteiger partial charge in [-0.2, -0.15) is 0 Å². The molecule has 2 rings (SSSR count). The summed E-state index contributed by atoms with van der Waals surface area (Å²) < 4.78 is 5.45. The number of hydrogen-bond donors (Lipinski definition) is 1. The van der Waals surface area contributed by atoms with Gasteiger partial charge < -0.3 is 10.5 Å². The van der Waals surface area contributed by atoms with Crippen LogP contribution in [0.15, 0.2) is 24.3 Å². The lowest BCUT2D eigenvalue weighted by atomic mass is 10.1. The number of carbonyl (C=O) groups is 2. The number of benzene rings is 1. The highest BCUT2D eigenvalue weighted by atomic mass is 16.5. The van der Waals surface area contributed by atoms with Crippen molar-refractivity contribution in [3.63, 3.8) is 0 Å². The van der Waals surface area contributed by atoms with Gasteiger partial charge in [0.15, 0.2) is 0 Å². The fourth-order valence-corrected chi connectivity index (χ4v) is 1.94. The SMILES string of the molecule is CC1CC(=O)N(CCOc2cccc(N)c2)C1=O. The maximum Gasteiger partial charge on any atom is 0.232 e. The van der Waals surface area contributed by atoms with Crippen LogP contribution in [0.5, 0.6) is 5.75 Å². The van der Waals surface area contributed by atoms with Crippen LogP contribution in [0.3, 0.4) is 0 Å². The van der Waals surface area contributed by atoms with E-state index in [9.17, 15) is 9.59 Å². The third-order valence-corrected chi connectivity index (χ3v) is 2.91. The molecule has 96 valence electrons. The Balaban J connectivity index is 1.86. The summed E-state index contributed by atoms with van der Waals surface area (Å²) in [7, 11) is 0. The number of imide groups is 1. The first-order chi connectivity index (χ1) is 8.58. The molecule has 5 heteroatoms. The van der Waals surface area contributed by atoms with Gasteiger partial charge in [-0.1, -0.05) is 13.0 Å². The highest BCUT2D eigenvalue weighted by Crippen LogP contribution is 2.19. The van der Waals surface area contributed by atoms with Crippen LogP contribution in [0.2, 0.25) is 0 Å². The van der Waals surface area contributed by atoms with Crippen LogP contribution in [0.1, 0.15) is 13.3 Å². The second kappa shape index (κ2) is 5.08. The van der Waals surface area contributed by atoms with E-state index in [4.69, 9.17) is 10.5 Å².